The van der Waals surface area contributed by atoms with Crippen LogP contribution < -0.4 is 5.56 Å². The van der Waals surface area contributed by atoms with E-state index in [2.05, 4.69) is 6.58 Å². The highest BCUT2D eigenvalue weighted by atomic mass is 16.1. The van der Waals surface area contributed by atoms with E-state index in [1.165, 1.54) is 10.6 Å². The maximum atomic E-state index is 11.3. The Bertz CT molecular complexity index is 352. The van der Waals surface area contributed by atoms with Crippen molar-refractivity contribution in [1.29, 1.82) is 0 Å². The summed E-state index contributed by atoms with van der Waals surface area (Å²) in [5, 5.41) is 0. The highest BCUT2D eigenvalue weighted by Crippen LogP contribution is 1.88. The fourth-order valence-corrected chi connectivity index (χ4v) is 0.928. The number of nitrogens with zero attached hydrogens (tertiary/aromatic N) is 1. The summed E-state index contributed by atoms with van der Waals surface area (Å²) >= 11 is 0. The number of carbonyl (C=O) groups is 1. The SMILES string of the molecule is C=CCn1cccc(C=O)c1=O. The van der Waals surface area contributed by atoms with E-state index in [0.29, 0.717) is 12.8 Å². The zero-order valence-corrected chi connectivity index (χ0v) is 6.56. The van der Waals surface area contributed by atoms with Crippen molar-refractivity contribution in [1.82, 2.24) is 4.57 Å². The third-order valence-corrected chi connectivity index (χ3v) is 1.50. The van der Waals surface area contributed by atoms with Gasteiger partial charge in [0.2, 0.25) is 0 Å². The smallest absolute Gasteiger partial charge is 0.261 e. The molecule has 0 atom stereocenters. The molecule has 0 radical (unpaired) electrons. The number of hydrogen-bond acceptors (Lipinski definition) is 2. The van der Waals surface area contributed by atoms with Crippen LogP contribution in [0.15, 0.2) is 35.8 Å². The largest absolute Gasteiger partial charge is 0.311 e. The van der Waals surface area contributed by atoms with E-state index in [0.717, 1.165) is 0 Å². The molecule has 1 heterocycles. The Morgan fingerprint density at radius 1 is 1.58 bits per heavy atom. The molecule has 3 heteroatoms. The third-order valence-electron chi connectivity index (χ3n) is 1.50. The lowest BCUT2D eigenvalue weighted by Gasteiger charge is -2.00. The van der Waals surface area contributed by atoms with Crippen LogP contribution in [0.1, 0.15) is 10.4 Å². The topological polar surface area (TPSA) is 39.1 Å². The van der Waals surface area contributed by atoms with Gasteiger partial charge in [-0.2, -0.15) is 0 Å². The molecule has 0 N–H and O–H groups in total. The molecule has 0 bridgehead atoms. The van der Waals surface area contributed by atoms with Crippen LogP contribution in [0.4, 0.5) is 0 Å². The summed E-state index contributed by atoms with van der Waals surface area (Å²) in [5.41, 5.74) is -0.0910. The van der Waals surface area contributed by atoms with Gasteiger partial charge in [0.1, 0.15) is 0 Å². The van der Waals surface area contributed by atoms with Gasteiger partial charge >= 0.3 is 0 Å². The van der Waals surface area contributed by atoms with Crippen LogP contribution in [-0.2, 0) is 6.54 Å². The van der Waals surface area contributed by atoms with Gasteiger partial charge in [-0.15, -0.1) is 6.58 Å². The summed E-state index contributed by atoms with van der Waals surface area (Å²) in [7, 11) is 0. The molecular weight excluding hydrogens is 154 g/mol. The van der Waals surface area contributed by atoms with Crippen LogP contribution in [-0.4, -0.2) is 10.9 Å². The first-order valence-corrected chi connectivity index (χ1v) is 3.55. The predicted octanol–water partition coefficient (Wildman–Crippen LogP) is 0.847. The molecule has 0 saturated heterocycles. The number of carbonyl (C=O) groups excluding carboxylic acids is 1. The molecule has 1 aromatic heterocycles. The van der Waals surface area contributed by atoms with Crippen molar-refractivity contribution in [2.45, 2.75) is 6.54 Å². The van der Waals surface area contributed by atoms with Gasteiger partial charge in [0.25, 0.3) is 5.56 Å². The van der Waals surface area contributed by atoms with Crippen molar-refractivity contribution in [3.05, 3.63) is 46.9 Å². The minimum absolute atomic E-state index is 0.180. The van der Waals surface area contributed by atoms with Gasteiger partial charge in [-0.05, 0) is 12.1 Å². The third kappa shape index (κ3) is 1.50. The van der Waals surface area contributed by atoms with E-state index in [1.807, 2.05) is 0 Å². The first-order chi connectivity index (χ1) is 5.79. The molecule has 0 aliphatic carbocycles. The van der Waals surface area contributed by atoms with Crippen LogP contribution >= 0.6 is 0 Å². The lowest BCUT2D eigenvalue weighted by atomic mass is 10.3. The van der Waals surface area contributed by atoms with Gasteiger partial charge in [-0.3, -0.25) is 9.59 Å². The number of hydrogen-bond donors (Lipinski definition) is 0. The van der Waals surface area contributed by atoms with Crippen LogP contribution in [0.2, 0.25) is 0 Å². The standard InChI is InChI=1S/C9H9NO2/c1-2-5-10-6-3-4-8(7-11)9(10)12/h2-4,6-7H,1,5H2. The van der Waals surface area contributed by atoms with Crippen molar-refractivity contribution in [3.8, 4) is 0 Å². The normalized spacial score (nSPS) is 9.33. The molecule has 3 nitrogen and oxygen atoms in total. The van der Waals surface area contributed by atoms with E-state index >= 15 is 0 Å². The Morgan fingerprint density at radius 2 is 2.33 bits per heavy atom. The van der Waals surface area contributed by atoms with Crippen LogP contribution in [0, 0.1) is 0 Å². The molecule has 12 heavy (non-hydrogen) atoms. The van der Waals surface area contributed by atoms with Gasteiger partial charge in [0.15, 0.2) is 6.29 Å². The first-order valence-electron chi connectivity index (χ1n) is 3.55. The zero-order chi connectivity index (χ0) is 8.97. The molecule has 0 aromatic carbocycles. The molecule has 1 aromatic rings. The maximum absolute atomic E-state index is 11.3. The number of allylic oxidation sites excluding steroid dienone is 1. The maximum Gasteiger partial charge on any atom is 0.261 e. The number of rotatable bonds is 3. The predicted molar refractivity (Wildman–Crippen MR) is 46.3 cm³/mol. The average molecular weight is 163 g/mol. The molecule has 1 rings (SSSR count). The second kappa shape index (κ2) is 3.67. The van der Waals surface area contributed by atoms with Crippen LogP contribution in [0.3, 0.4) is 0 Å². The molecule has 0 spiro atoms. The number of aromatic nitrogens is 1. The van der Waals surface area contributed by atoms with Crippen molar-refractivity contribution in [3.63, 3.8) is 0 Å². The summed E-state index contributed by atoms with van der Waals surface area (Å²) in [6.07, 6.45) is 3.79. The van der Waals surface area contributed by atoms with Crippen molar-refractivity contribution in [2.24, 2.45) is 0 Å². The second-order valence-electron chi connectivity index (χ2n) is 2.33. The number of pyridine rings is 1. The summed E-state index contributed by atoms with van der Waals surface area (Å²) in [6.45, 7) is 3.94. The monoisotopic (exact) mass is 163 g/mol. The molecule has 0 amide bonds. The van der Waals surface area contributed by atoms with E-state index in [4.69, 9.17) is 0 Å². The van der Waals surface area contributed by atoms with E-state index in [1.54, 1.807) is 18.3 Å². The Labute approximate surface area is 70.0 Å². The van der Waals surface area contributed by atoms with Gasteiger partial charge in [-0.1, -0.05) is 6.08 Å². The second-order valence-corrected chi connectivity index (χ2v) is 2.33. The molecule has 0 aliphatic rings. The Hall–Kier alpha value is -1.64. The van der Waals surface area contributed by atoms with Gasteiger partial charge in [0.05, 0.1) is 5.56 Å². The van der Waals surface area contributed by atoms with Crippen LogP contribution in [0.5, 0.6) is 0 Å². The van der Waals surface area contributed by atoms with Gasteiger partial charge in [-0.25, -0.2) is 0 Å². The lowest BCUT2D eigenvalue weighted by Crippen LogP contribution is -2.21. The van der Waals surface area contributed by atoms with E-state index < -0.39 is 0 Å². The molecular formula is C9H9NO2. The summed E-state index contributed by atoms with van der Waals surface area (Å²) in [4.78, 5) is 21.6. The van der Waals surface area contributed by atoms with Crippen molar-refractivity contribution in [2.75, 3.05) is 0 Å². The highest BCUT2D eigenvalue weighted by Gasteiger charge is 1.98. The Balaban J connectivity index is 3.22. The van der Waals surface area contributed by atoms with E-state index in [-0.39, 0.29) is 11.1 Å². The Kier molecular flexibility index (Phi) is 2.58. The molecule has 0 fully saturated rings. The molecule has 62 valence electrons. The molecule has 0 unspecified atom stereocenters. The Morgan fingerprint density at radius 3 is 2.92 bits per heavy atom. The van der Waals surface area contributed by atoms with E-state index in [9.17, 15) is 9.59 Å². The van der Waals surface area contributed by atoms with Gasteiger partial charge in [0, 0.05) is 12.7 Å². The summed E-state index contributed by atoms with van der Waals surface area (Å²) in [6, 6.07) is 3.16. The fourth-order valence-electron chi connectivity index (χ4n) is 0.928. The zero-order valence-electron chi connectivity index (χ0n) is 6.56. The van der Waals surface area contributed by atoms with Crippen LogP contribution in [0.25, 0.3) is 0 Å². The quantitative estimate of drug-likeness (QED) is 0.489. The molecule has 0 aliphatic heterocycles. The highest BCUT2D eigenvalue weighted by molar-refractivity contribution is 5.73. The average Bonchev–Trinajstić information content (AvgIpc) is 2.09. The van der Waals surface area contributed by atoms with Crippen molar-refractivity contribution < 1.29 is 4.79 Å². The minimum atomic E-state index is -0.271. The number of aldehydes is 1. The lowest BCUT2D eigenvalue weighted by molar-refractivity contribution is 0.112. The summed E-state index contributed by atoms with van der Waals surface area (Å²) in [5.74, 6) is 0. The fraction of sp³-hybridized carbons (Fsp3) is 0.111. The van der Waals surface area contributed by atoms with Crippen molar-refractivity contribution >= 4 is 6.29 Å². The van der Waals surface area contributed by atoms with Gasteiger partial charge < -0.3 is 4.57 Å². The first kappa shape index (κ1) is 8.46. The molecule has 0 saturated carbocycles. The summed E-state index contributed by atoms with van der Waals surface area (Å²) < 4.78 is 1.43. The minimum Gasteiger partial charge on any atom is -0.311 e.